The molecule has 1 aromatic heterocycles. The molecule has 2 aromatic rings. The molecule has 30 heavy (non-hydrogen) atoms. The van der Waals surface area contributed by atoms with E-state index in [1.54, 1.807) is 11.3 Å². The molecule has 2 fully saturated rings. The number of ether oxygens (including phenoxy) is 2. The van der Waals surface area contributed by atoms with Crippen LogP contribution in [0.3, 0.4) is 0 Å². The van der Waals surface area contributed by atoms with Crippen LogP contribution in [0.5, 0.6) is 0 Å². The average molecular weight is 429 g/mol. The molecule has 3 heterocycles. The summed E-state index contributed by atoms with van der Waals surface area (Å²) in [6, 6.07) is 10.3. The first kappa shape index (κ1) is 21.3. The molecule has 0 saturated carbocycles. The van der Waals surface area contributed by atoms with Crippen LogP contribution in [0.15, 0.2) is 40.7 Å². The van der Waals surface area contributed by atoms with Gasteiger partial charge in [0.15, 0.2) is 5.96 Å². The Kier molecular flexibility index (Phi) is 7.72. The SMILES string of the molecule is CN=C(NCc1nc(-c2ccccc2)cs1)N1CCC(OCC2CCCCO2)CC1. The molecule has 0 aliphatic carbocycles. The van der Waals surface area contributed by atoms with Crippen molar-refractivity contribution in [3.8, 4) is 11.3 Å². The van der Waals surface area contributed by atoms with Gasteiger partial charge in [-0.25, -0.2) is 4.98 Å². The maximum absolute atomic E-state index is 6.14. The number of hydrogen-bond donors (Lipinski definition) is 1. The highest BCUT2D eigenvalue weighted by atomic mass is 32.1. The molecule has 2 aliphatic heterocycles. The lowest BCUT2D eigenvalue weighted by atomic mass is 10.1. The molecule has 1 unspecified atom stereocenters. The van der Waals surface area contributed by atoms with E-state index in [2.05, 4.69) is 32.7 Å². The molecule has 0 spiro atoms. The number of rotatable bonds is 6. The number of thiazole rings is 1. The molecule has 0 radical (unpaired) electrons. The van der Waals surface area contributed by atoms with E-state index in [0.717, 1.165) is 67.8 Å². The van der Waals surface area contributed by atoms with Crippen LogP contribution in [0.25, 0.3) is 11.3 Å². The smallest absolute Gasteiger partial charge is 0.193 e. The third kappa shape index (κ3) is 5.80. The number of nitrogens with one attached hydrogen (secondary N) is 1. The highest BCUT2D eigenvalue weighted by molar-refractivity contribution is 7.09. The number of piperidine rings is 1. The van der Waals surface area contributed by atoms with Crippen molar-refractivity contribution < 1.29 is 9.47 Å². The standard InChI is InChI=1S/C23H32N4O2S/c1-24-23(25-15-22-26-21(17-30-22)18-7-3-2-4-8-18)27-12-10-19(11-13-27)29-16-20-9-5-6-14-28-20/h2-4,7-8,17,19-20H,5-6,9-16H2,1H3,(H,24,25). The lowest BCUT2D eigenvalue weighted by molar-refractivity contribution is -0.0721. The first-order valence-electron chi connectivity index (χ1n) is 11.0. The fraction of sp³-hybridized carbons (Fsp3) is 0.565. The predicted molar refractivity (Wildman–Crippen MR) is 122 cm³/mol. The second-order valence-electron chi connectivity index (χ2n) is 7.90. The van der Waals surface area contributed by atoms with Crippen molar-refractivity contribution in [3.05, 3.63) is 40.7 Å². The van der Waals surface area contributed by atoms with Gasteiger partial charge in [0.2, 0.25) is 0 Å². The lowest BCUT2D eigenvalue weighted by Gasteiger charge is -2.35. The summed E-state index contributed by atoms with van der Waals surface area (Å²) in [5, 5.41) is 6.67. The van der Waals surface area contributed by atoms with E-state index in [1.807, 2.05) is 25.2 Å². The molecule has 0 bridgehead atoms. The zero-order chi connectivity index (χ0) is 20.6. The highest BCUT2D eigenvalue weighted by Gasteiger charge is 2.23. The van der Waals surface area contributed by atoms with Crippen molar-refractivity contribution in [2.75, 3.05) is 33.4 Å². The number of likely N-dealkylation sites (tertiary alicyclic amines) is 1. The van der Waals surface area contributed by atoms with Gasteiger partial charge in [-0.05, 0) is 32.1 Å². The third-order valence-corrected chi connectivity index (χ3v) is 6.61. The van der Waals surface area contributed by atoms with Crippen molar-refractivity contribution in [1.82, 2.24) is 15.2 Å². The van der Waals surface area contributed by atoms with Crippen LogP contribution in [-0.2, 0) is 16.0 Å². The number of hydrogen-bond acceptors (Lipinski definition) is 5. The average Bonchev–Trinajstić information content (AvgIpc) is 3.29. The van der Waals surface area contributed by atoms with Gasteiger partial charge in [0.05, 0.1) is 31.1 Å². The normalized spacial score (nSPS) is 21.0. The second-order valence-corrected chi connectivity index (χ2v) is 8.84. The van der Waals surface area contributed by atoms with Crippen molar-refractivity contribution in [2.45, 2.75) is 50.9 Å². The van der Waals surface area contributed by atoms with Crippen molar-refractivity contribution >= 4 is 17.3 Å². The van der Waals surface area contributed by atoms with E-state index < -0.39 is 0 Å². The Labute approximate surface area is 183 Å². The van der Waals surface area contributed by atoms with Gasteiger partial charge in [-0.15, -0.1) is 11.3 Å². The van der Waals surface area contributed by atoms with Crippen LogP contribution in [0.2, 0.25) is 0 Å². The molecule has 1 N–H and O–H groups in total. The van der Waals surface area contributed by atoms with Crippen molar-refractivity contribution in [1.29, 1.82) is 0 Å². The summed E-state index contributed by atoms with van der Waals surface area (Å²) in [4.78, 5) is 11.6. The molecule has 1 aromatic carbocycles. The highest BCUT2D eigenvalue weighted by Crippen LogP contribution is 2.22. The Morgan fingerprint density at radius 3 is 2.80 bits per heavy atom. The molecular formula is C23H32N4O2S. The first-order valence-corrected chi connectivity index (χ1v) is 11.9. The minimum absolute atomic E-state index is 0.297. The van der Waals surface area contributed by atoms with E-state index in [-0.39, 0.29) is 0 Å². The molecule has 1 atom stereocenters. The maximum atomic E-state index is 6.14. The van der Waals surface area contributed by atoms with Gasteiger partial charge in [-0.2, -0.15) is 0 Å². The Hall–Kier alpha value is -1.96. The largest absolute Gasteiger partial charge is 0.376 e. The quantitative estimate of drug-likeness (QED) is 0.558. The van der Waals surface area contributed by atoms with Crippen molar-refractivity contribution in [2.24, 2.45) is 4.99 Å². The molecule has 7 heteroatoms. The van der Waals surface area contributed by atoms with E-state index in [9.17, 15) is 0 Å². The van der Waals surface area contributed by atoms with Crippen LogP contribution < -0.4 is 5.32 Å². The minimum atomic E-state index is 0.297. The van der Waals surface area contributed by atoms with E-state index in [1.165, 1.54) is 12.8 Å². The summed E-state index contributed by atoms with van der Waals surface area (Å²) in [6.45, 7) is 4.25. The van der Waals surface area contributed by atoms with E-state index >= 15 is 0 Å². The molecule has 2 aliphatic rings. The van der Waals surface area contributed by atoms with E-state index in [0.29, 0.717) is 18.8 Å². The number of guanidine groups is 1. The fourth-order valence-corrected chi connectivity index (χ4v) is 4.78. The minimum Gasteiger partial charge on any atom is -0.376 e. The topological polar surface area (TPSA) is 59.0 Å². The van der Waals surface area contributed by atoms with Gasteiger partial charge in [0.25, 0.3) is 0 Å². The van der Waals surface area contributed by atoms with Gasteiger partial charge < -0.3 is 19.7 Å². The summed E-state index contributed by atoms with van der Waals surface area (Å²) < 4.78 is 11.9. The number of aliphatic imine (C=N–C) groups is 1. The maximum Gasteiger partial charge on any atom is 0.193 e. The van der Waals surface area contributed by atoms with Crippen molar-refractivity contribution in [3.63, 3.8) is 0 Å². The molecular weight excluding hydrogens is 396 g/mol. The summed E-state index contributed by atoms with van der Waals surface area (Å²) in [6.07, 6.45) is 6.28. The Morgan fingerprint density at radius 1 is 1.23 bits per heavy atom. The third-order valence-electron chi connectivity index (χ3n) is 5.76. The van der Waals surface area contributed by atoms with Gasteiger partial charge in [0.1, 0.15) is 5.01 Å². The Balaban J connectivity index is 1.21. The Morgan fingerprint density at radius 2 is 2.07 bits per heavy atom. The molecule has 0 amide bonds. The fourth-order valence-electron chi connectivity index (χ4n) is 4.04. The van der Waals surface area contributed by atoms with Gasteiger partial charge in [-0.1, -0.05) is 30.3 Å². The second kappa shape index (κ2) is 10.9. The van der Waals surface area contributed by atoms with Crippen LogP contribution in [-0.4, -0.2) is 61.4 Å². The van der Waals surface area contributed by atoms with E-state index in [4.69, 9.17) is 14.5 Å². The van der Waals surface area contributed by atoms with Crippen LogP contribution in [0.4, 0.5) is 0 Å². The molecule has 6 nitrogen and oxygen atoms in total. The first-order chi connectivity index (χ1) is 14.8. The zero-order valence-electron chi connectivity index (χ0n) is 17.8. The van der Waals surface area contributed by atoms with Gasteiger partial charge in [0, 0.05) is 37.7 Å². The predicted octanol–water partition coefficient (Wildman–Crippen LogP) is 3.94. The number of benzene rings is 1. The lowest BCUT2D eigenvalue weighted by Crippen LogP contribution is -2.47. The molecule has 4 rings (SSSR count). The summed E-state index contributed by atoms with van der Waals surface area (Å²) >= 11 is 1.68. The zero-order valence-corrected chi connectivity index (χ0v) is 18.6. The van der Waals surface area contributed by atoms with Crippen LogP contribution in [0, 0.1) is 0 Å². The Bertz CT molecular complexity index is 797. The van der Waals surface area contributed by atoms with Gasteiger partial charge in [-0.3, -0.25) is 4.99 Å². The summed E-state index contributed by atoms with van der Waals surface area (Å²) in [7, 11) is 1.85. The summed E-state index contributed by atoms with van der Waals surface area (Å²) in [5.41, 5.74) is 2.19. The molecule has 162 valence electrons. The van der Waals surface area contributed by atoms with Gasteiger partial charge >= 0.3 is 0 Å². The summed E-state index contributed by atoms with van der Waals surface area (Å²) in [5.74, 6) is 0.945. The van der Waals surface area contributed by atoms with Crippen LogP contribution >= 0.6 is 11.3 Å². The number of aromatic nitrogens is 1. The van der Waals surface area contributed by atoms with Crippen LogP contribution in [0.1, 0.15) is 37.1 Å². The molecule has 2 saturated heterocycles. The monoisotopic (exact) mass is 428 g/mol. The number of nitrogens with zero attached hydrogens (tertiary/aromatic N) is 3.